The second-order valence-corrected chi connectivity index (χ2v) is 5.23. The van der Waals surface area contributed by atoms with Gasteiger partial charge in [0.2, 0.25) is 0 Å². The molecule has 0 unspecified atom stereocenters. The molecule has 0 atom stereocenters. The fraction of sp³-hybridized carbons (Fsp3) is 0.235. The number of benzene rings is 1. The van der Waals surface area contributed by atoms with Crippen LogP contribution in [0.3, 0.4) is 0 Å². The largest absolute Gasteiger partial charge is 0.496 e. The number of carbonyl (C=O) groups excluding carboxylic acids is 1. The molecule has 3 rings (SSSR count). The Bertz CT molecular complexity index is 871. The lowest BCUT2D eigenvalue weighted by atomic mass is 10.1. The van der Waals surface area contributed by atoms with Gasteiger partial charge in [-0.15, -0.1) is 0 Å². The van der Waals surface area contributed by atoms with E-state index in [1.807, 2.05) is 25.1 Å². The van der Waals surface area contributed by atoms with E-state index < -0.39 is 5.97 Å². The molecule has 0 spiro atoms. The molecule has 0 aliphatic rings. The van der Waals surface area contributed by atoms with E-state index in [2.05, 4.69) is 10.1 Å². The van der Waals surface area contributed by atoms with Crippen LogP contribution in [-0.2, 0) is 11.3 Å². The quantitative estimate of drug-likeness (QED) is 0.693. The molecule has 3 aromatic rings. The highest BCUT2D eigenvalue weighted by atomic mass is 16.5. The maximum absolute atomic E-state index is 12.4. The molecule has 0 N–H and O–H groups in total. The molecule has 0 radical (unpaired) electrons. The summed E-state index contributed by atoms with van der Waals surface area (Å²) in [6.07, 6.45) is 3.37. The molecule has 2 aromatic heterocycles. The van der Waals surface area contributed by atoms with E-state index in [0.717, 1.165) is 16.9 Å². The van der Waals surface area contributed by atoms with Crippen molar-refractivity contribution in [2.75, 3.05) is 7.11 Å². The highest BCUT2D eigenvalue weighted by Gasteiger charge is 2.19. The molecule has 0 aliphatic heterocycles. The summed E-state index contributed by atoms with van der Waals surface area (Å²) >= 11 is 0. The van der Waals surface area contributed by atoms with Crippen LogP contribution in [0.2, 0.25) is 0 Å². The van der Waals surface area contributed by atoms with Gasteiger partial charge in [-0.25, -0.2) is 14.3 Å². The van der Waals surface area contributed by atoms with Crippen LogP contribution < -0.4 is 4.74 Å². The van der Waals surface area contributed by atoms with E-state index in [4.69, 9.17) is 9.47 Å². The summed E-state index contributed by atoms with van der Waals surface area (Å²) in [5.41, 5.74) is 3.38. The van der Waals surface area contributed by atoms with Crippen LogP contribution in [0.15, 0.2) is 36.7 Å². The van der Waals surface area contributed by atoms with Crippen molar-refractivity contribution in [1.82, 2.24) is 14.6 Å². The second kappa shape index (κ2) is 6.08. The lowest BCUT2D eigenvalue weighted by Crippen LogP contribution is -2.07. The van der Waals surface area contributed by atoms with Gasteiger partial charge < -0.3 is 9.47 Å². The average Bonchev–Trinajstić information content (AvgIpc) is 2.89. The molecule has 0 saturated heterocycles. The van der Waals surface area contributed by atoms with E-state index in [0.29, 0.717) is 16.9 Å². The topological polar surface area (TPSA) is 65.7 Å². The van der Waals surface area contributed by atoms with E-state index in [9.17, 15) is 4.79 Å². The van der Waals surface area contributed by atoms with Gasteiger partial charge in [-0.05, 0) is 37.1 Å². The Hall–Kier alpha value is -2.89. The molecule has 0 saturated carbocycles. The van der Waals surface area contributed by atoms with E-state index in [1.165, 1.54) is 0 Å². The second-order valence-electron chi connectivity index (χ2n) is 5.23. The van der Waals surface area contributed by atoms with Crippen molar-refractivity contribution in [2.24, 2.45) is 0 Å². The van der Waals surface area contributed by atoms with Crippen molar-refractivity contribution >= 4 is 11.6 Å². The highest BCUT2D eigenvalue weighted by Crippen LogP contribution is 2.20. The Morgan fingerprint density at radius 3 is 2.91 bits per heavy atom. The molecular weight excluding hydrogens is 294 g/mol. The Balaban J connectivity index is 1.80. The van der Waals surface area contributed by atoms with Crippen molar-refractivity contribution < 1.29 is 14.3 Å². The molecule has 23 heavy (non-hydrogen) atoms. The SMILES string of the molecule is COc1cc(COC(=O)c2c(C)nn3cccnc23)ccc1C. The molecule has 0 aliphatic carbocycles. The Kier molecular flexibility index (Phi) is 3.97. The molecule has 6 heteroatoms. The minimum Gasteiger partial charge on any atom is -0.496 e. The van der Waals surface area contributed by atoms with Crippen molar-refractivity contribution in [3.8, 4) is 5.75 Å². The van der Waals surface area contributed by atoms with Gasteiger partial charge in [0.25, 0.3) is 0 Å². The number of hydrogen-bond donors (Lipinski definition) is 0. The summed E-state index contributed by atoms with van der Waals surface area (Å²) in [6.45, 7) is 3.89. The number of fused-ring (bicyclic) bond motifs is 1. The zero-order valence-electron chi connectivity index (χ0n) is 13.2. The lowest BCUT2D eigenvalue weighted by molar-refractivity contribution is 0.0473. The minimum atomic E-state index is -0.434. The average molecular weight is 311 g/mol. The monoisotopic (exact) mass is 311 g/mol. The molecule has 2 heterocycles. The zero-order chi connectivity index (χ0) is 16.4. The van der Waals surface area contributed by atoms with E-state index in [1.54, 1.807) is 37.0 Å². The predicted molar refractivity (Wildman–Crippen MR) is 84.6 cm³/mol. The molecule has 1 aromatic carbocycles. The number of esters is 1. The first-order chi connectivity index (χ1) is 11.1. The van der Waals surface area contributed by atoms with Crippen LogP contribution in [0.4, 0.5) is 0 Å². The summed E-state index contributed by atoms with van der Waals surface area (Å²) in [5, 5.41) is 4.26. The maximum atomic E-state index is 12.4. The molecular formula is C17H17N3O3. The van der Waals surface area contributed by atoms with Gasteiger partial charge in [0.15, 0.2) is 5.65 Å². The summed E-state index contributed by atoms with van der Waals surface area (Å²) in [4.78, 5) is 16.6. The van der Waals surface area contributed by atoms with Gasteiger partial charge >= 0.3 is 5.97 Å². The smallest absolute Gasteiger partial charge is 0.344 e. The molecule has 6 nitrogen and oxygen atoms in total. The number of nitrogens with zero attached hydrogens (tertiary/aromatic N) is 3. The third kappa shape index (κ3) is 2.88. The summed E-state index contributed by atoms with van der Waals surface area (Å²) in [6, 6.07) is 7.47. The maximum Gasteiger partial charge on any atom is 0.344 e. The summed E-state index contributed by atoms with van der Waals surface area (Å²) in [7, 11) is 1.62. The van der Waals surface area contributed by atoms with Crippen LogP contribution in [0.5, 0.6) is 5.75 Å². The van der Waals surface area contributed by atoms with Crippen molar-refractivity contribution in [3.05, 3.63) is 59.0 Å². The van der Waals surface area contributed by atoms with Crippen molar-refractivity contribution in [3.63, 3.8) is 0 Å². The first-order valence-corrected chi connectivity index (χ1v) is 7.20. The number of aryl methyl sites for hydroxylation is 2. The van der Waals surface area contributed by atoms with Crippen LogP contribution in [0, 0.1) is 13.8 Å². The first-order valence-electron chi connectivity index (χ1n) is 7.20. The van der Waals surface area contributed by atoms with Gasteiger partial charge in [0, 0.05) is 12.4 Å². The molecule has 118 valence electrons. The third-order valence-electron chi connectivity index (χ3n) is 3.62. The summed E-state index contributed by atoms with van der Waals surface area (Å²) < 4.78 is 12.3. The van der Waals surface area contributed by atoms with Crippen LogP contribution in [0.25, 0.3) is 5.65 Å². The molecule has 0 fully saturated rings. The van der Waals surface area contributed by atoms with E-state index in [-0.39, 0.29) is 6.61 Å². The van der Waals surface area contributed by atoms with Crippen LogP contribution in [-0.4, -0.2) is 27.7 Å². The predicted octanol–water partition coefficient (Wildman–Crippen LogP) is 2.71. The lowest BCUT2D eigenvalue weighted by Gasteiger charge is -2.08. The number of hydrogen-bond acceptors (Lipinski definition) is 5. The zero-order valence-corrected chi connectivity index (χ0v) is 13.2. The van der Waals surface area contributed by atoms with Gasteiger partial charge in [0.05, 0.1) is 12.8 Å². The third-order valence-corrected chi connectivity index (χ3v) is 3.62. The van der Waals surface area contributed by atoms with Gasteiger partial charge in [-0.3, -0.25) is 0 Å². The Labute approximate surface area is 133 Å². The van der Waals surface area contributed by atoms with Gasteiger partial charge in [-0.1, -0.05) is 12.1 Å². The number of carbonyl (C=O) groups is 1. The number of ether oxygens (including phenoxy) is 2. The number of methoxy groups -OCH3 is 1. The number of rotatable bonds is 4. The molecule has 0 bridgehead atoms. The standard InChI is InChI=1S/C17H17N3O3/c1-11-5-6-13(9-14(11)22-3)10-23-17(21)15-12(2)19-20-8-4-7-18-16(15)20/h4-9H,10H2,1-3H3. The normalized spacial score (nSPS) is 10.7. The number of aromatic nitrogens is 3. The van der Waals surface area contributed by atoms with E-state index >= 15 is 0 Å². The van der Waals surface area contributed by atoms with Crippen molar-refractivity contribution in [2.45, 2.75) is 20.5 Å². The highest BCUT2D eigenvalue weighted by molar-refractivity contribution is 5.97. The fourth-order valence-corrected chi connectivity index (χ4v) is 2.41. The Morgan fingerprint density at radius 1 is 1.30 bits per heavy atom. The van der Waals surface area contributed by atoms with Gasteiger partial charge in [-0.2, -0.15) is 5.10 Å². The van der Waals surface area contributed by atoms with Crippen LogP contribution in [0.1, 0.15) is 27.2 Å². The van der Waals surface area contributed by atoms with Crippen molar-refractivity contribution in [1.29, 1.82) is 0 Å². The van der Waals surface area contributed by atoms with Crippen LogP contribution >= 0.6 is 0 Å². The minimum absolute atomic E-state index is 0.166. The molecule has 0 amide bonds. The van der Waals surface area contributed by atoms with Gasteiger partial charge in [0.1, 0.15) is 17.9 Å². The Morgan fingerprint density at radius 2 is 2.13 bits per heavy atom. The fourth-order valence-electron chi connectivity index (χ4n) is 2.41. The first kappa shape index (κ1) is 15.0. The summed E-state index contributed by atoms with van der Waals surface area (Å²) in [5.74, 6) is 0.336.